The molecule has 106 valence electrons. The summed E-state index contributed by atoms with van der Waals surface area (Å²) in [6.45, 7) is 1.89. The van der Waals surface area contributed by atoms with Crippen LogP contribution >= 0.6 is 0 Å². The molecule has 1 aromatic carbocycles. The first-order valence-corrected chi connectivity index (χ1v) is 6.62. The summed E-state index contributed by atoms with van der Waals surface area (Å²) >= 11 is 0. The van der Waals surface area contributed by atoms with Gasteiger partial charge in [0.15, 0.2) is 0 Å². The van der Waals surface area contributed by atoms with Crippen LogP contribution in [0.15, 0.2) is 54.7 Å². The van der Waals surface area contributed by atoms with Crippen molar-refractivity contribution < 1.29 is 14.3 Å². The lowest BCUT2D eigenvalue weighted by Crippen LogP contribution is -2.07. The summed E-state index contributed by atoms with van der Waals surface area (Å²) < 4.78 is 12.4. The molecular weight excluding hydrogens is 266 g/mol. The Morgan fingerprint density at radius 3 is 2.52 bits per heavy atom. The monoisotopic (exact) mass is 281 g/mol. The second kappa shape index (κ2) is 5.32. The van der Waals surface area contributed by atoms with Crippen LogP contribution in [0.3, 0.4) is 0 Å². The van der Waals surface area contributed by atoms with Gasteiger partial charge in [-0.05, 0) is 42.8 Å². The zero-order chi connectivity index (χ0) is 14.8. The van der Waals surface area contributed by atoms with Crippen molar-refractivity contribution >= 4 is 11.5 Å². The van der Waals surface area contributed by atoms with E-state index >= 15 is 0 Å². The number of carbonyl (C=O) groups is 1. The lowest BCUT2D eigenvalue weighted by molar-refractivity contribution is 0.0592. The number of hydrogen-bond donors (Lipinski definition) is 0. The van der Waals surface area contributed by atoms with Crippen molar-refractivity contribution in [3.63, 3.8) is 0 Å². The fourth-order valence-electron chi connectivity index (χ4n) is 2.33. The molecule has 3 aromatic rings. The zero-order valence-corrected chi connectivity index (χ0v) is 11.9. The predicted molar refractivity (Wildman–Crippen MR) is 80.0 cm³/mol. The van der Waals surface area contributed by atoms with Crippen LogP contribution in [0, 0.1) is 6.92 Å². The average Bonchev–Trinajstić information content (AvgIpc) is 2.83. The van der Waals surface area contributed by atoms with Gasteiger partial charge in [0.25, 0.3) is 0 Å². The minimum atomic E-state index is -0.357. The summed E-state index contributed by atoms with van der Waals surface area (Å²) in [5.41, 5.74) is 2.32. The maximum absolute atomic E-state index is 11.9. The highest BCUT2D eigenvalue weighted by Crippen LogP contribution is 2.24. The van der Waals surface area contributed by atoms with E-state index in [4.69, 9.17) is 9.47 Å². The van der Waals surface area contributed by atoms with Crippen molar-refractivity contribution in [2.75, 3.05) is 7.11 Å². The molecule has 0 fully saturated rings. The fourth-order valence-corrected chi connectivity index (χ4v) is 2.33. The van der Waals surface area contributed by atoms with E-state index in [1.54, 1.807) is 10.6 Å². The van der Waals surface area contributed by atoms with Gasteiger partial charge in [-0.15, -0.1) is 0 Å². The molecule has 4 heteroatoms. The first kappa shape index (κ1) is 13.2. The van der Waals surface area contributed by atoms with E-state index in [1.807, 2.05) is 55.5 Å². The van der Waals surface area contributed by atoms with Crippen molar-refractivity contribution in [1.82, 2.24) is 4.40 Å². The number of aromatic nitrogens is 1. The summed E-state index contributed by atoms with van der Waals surface area (Å²) in [4.78, 5) is 11.9. The first-order valence-electron chi connectivity index (χ1n) is 6.62. The largest absolute Gasteiger partial charge is 0.464 e. The Balaban J connectivity index is 2.04. The number of hydrogen-bond acceptors (Lipinski definition) is 3. The van der Waals surface area contributed by atoms with Crippen LogP contribution in [0.25, 0.3) is 5.52 Å². The number of fused-ring (bicyclic) bond motifs is 1. The van der Waals surface area contributed by atoms with E-state index in [9.17, 15) is 4.79 Å². The van der Waals surface area contributed by atoms with E-state index in [2.05, 4.69) is 0 Å². The molecule has 21 heavy (non-hydrogen) atoms. The Morgan fingerprint density at radius 1 is 1.05 bits per heavy atom. The zero-order valence-electron chi connectivity index (χ0n) is 11.9. The Labute approximate surface area is 122 Å². The van der Waals surface area contributed by atoms with Gasteiger partial charge in [-0.25, -0.2) is 4.79 Å². The second-order valence-electron chi connectivity index (χ2n) is 4.74. The first-order chi connectivity index (χ1) is 10.2. The topological polar surface area (TPSA) is 39.9 Å². The van der Waals surface area contributed by atoms with Crippen LogP contribution < -0.4 is 4.74 Å². The standard InChI is InChI=1S/C17H15NO3/c1-12-10-13-8-9-15(21-14-6-4-3-5-7-14)11-18(13)16(12)17(19)20-2/h3-11H,1-2H3. The normalized spacial score (nSPS) is 10.6. The second-order valence-corrected chi connectivity index (χ2v) is 4.74. The van der Waals surface area contributed by atoms with Crippen molar-refractivity contribution in [3.8, 4) is 11.5 Å². The van der Waals surface area contributed by atoms with E-state index in [0.29, 0.717) is 11.4 Å². The molecule has 4 nitrogen and oxygen atoms in total. The summed E-state index contributed by atoms with van der Waals surface area (Å²) in [7, 11) is 1.38. The van der Waals surface area contributed by atoms with Gasteiger partial charge in [-0.3, -0.25) is 0 Å². The van der Waals surface area contributed by atoms with Gasteiger partial charge in [-0.2, -0.15) is 0 Å². The van der Waals surface area contributed by atoms with Gasteiger partial charge < -0.3 is 13.9 Å². The molecule has 0 atom stereocenters. The number of aryl methyl sites for hydroxylation is 1. The van der Waals surface area contributed by atoms with Crippen LogP contribution in [-0.4, -0.2) is 17.5 Å². The number of rotatable bonds is 3. The highest BCUT2D eigenvalue weighted by Gasteiger charge is 2.15. The summed E-state index contributed by atoms with van der Waals surface area (Å²) in [6.07, 6.45) is 1.79. The van der Waals surface area contributed by atoms with Gasteiger partial charge in [0.1, 0.15) is 17.2 Å². The molecule has 0 saturated carbocycles. The van der Waals surface area contributed by atoms with E-state index in [0.717, 1.165) is 16.8 Å². The van der Waals surface area contributed by atoms with Crippen molar-refractivity contribution in [3.05, 3.63) is 66.0 Å². The molecule has 0 saturated heterocycles. The van der Waals surface area contributed by atoms with Gasteiger partial charge in [0.2, 0.25) is 0 Å². The third-order valence-corrected chi connectivity index (χ3v) is 3.29. The third kappa shape index (κ3) is 2.48. The maximum atomic E-state index is 11.9. The van der Waals surface area contributed by atoms with Gasteiger partial charge >= 0.3 is 5.97 Å². The minimum Gasteiger partial charge on any atom is -0.464 e. The Morgan fingerprint density at radius 2 is 1.81 bits per heavy atom. The number of para-hydroxylation sites is 1. The molecule has 3 rings (SSSR count). The number of nitrogens with zero attached hydrogens (tertiary/aromatic N) is 1. The third-order valence-electron chi connectivity index (χ3n) is 3.29. The fraction of sp³-hybridized carbons (Fsp3) is 0.118. The maximum Gasteiger partial charge on any atom is 0.355 e. The van der Waals surface area contributed by atoms with Gasteiger partial charge in [0.05, 0.1) is 13.3 Å². The lowest BCUT2D eigenvalue weighted by atomic mass is 10.3. The number of methoxy groups -OCH3 is 1. The number of pyridine rings is 1. The van der Waals surface area contributed by atoms with Crippen LogP contribution in [0.5, 0.6) is 11.5 Å². The highest BCUT2D eigenvalue weighted by atomic mass is 16.5. The molecule has 0 N–H and O–H groups in total. The van der Waals surface area contributed by atoms with Crippen LogP contribution in [0.4, 0.5) is 0 Å². The molecule has 0 aliphatic rings. The minimum absolute atomic E-state index is 0.357. The van der Waals surface area contributed by atoms with E-state index < -0.39 is 0 Å². The molecule has 2 aromatic heterocycles. The number of esters is 1. The predicted octanol–water partition coefficient (Wildman–Crippen LogP) is 3.83. The molecule has 2 heterocycles. The average molecular weight is 281 g/mol. The van der Waals surface area contributed by atoms with Crippen LogP contribution in [0.2, 0.25) is 0 Å². The summed E-state index contributed by atoms with van der Waals surface area (Å²) in [6, 6.07) is 15.2. The molecule has 0 aliphatic heterocycles. The van der Waals surface area contributed by atoms with Crippen molar-refractivity contribution in [2.24, 2.45) is 0 Å². The van der Waals surface area contributed by atoms with Crippen LogP contribution in [-0.2, 0) is 4.74 Å². The molecule has 0 radical (unpaired) electrons. The lowest BCUT2D eigenvalue weighted by Gasteiger charge is -2.07. The summed E-state index contributed by atoms with van der Waals surface area (Å²) in [5, 5.41) is 0. The molecule has 0 amide bonds. The molecular formula is C17H15NO3. The van der Waals surface area contributed by atoms with Crippen LogP contribution in [0.1, 0.15) is 16.1 Å². The highest BCUT2D eigenvalue weighted by molar-refractivity contribution is 5.91. The van der Waals surface area contributed by atoms with Crippen molar-refractivity contribution in [1.29, 1.82) is 0 Å². The molecule has 0 bridgehead atoms. The number of benzene rings is 1. The Bertz CT molecular complexity index is 790. The smallest absolute Gasteiger partial charge is 0.355 e. The summed E-state index contributed by atoms with van der Waals surface area (Å²) in [5.74, 6) is 1.05. The Kier molecular flexibility index (Phi) is 3.36. The molecule has 0 aliphatic carbocycles. The number of ether oxygens (including phenoxy) is 2. The van der Waals surface area contributed by atoms with E-state index in [-0.39, 0.29) is 5.97 Å². The quantitative estimate of drug-likeness (QED) is 0.685. The molecule has 0 spiro atoms. The van der Waals surface area contributed by atoms with Gasteiger partial charge in [0, 0.05) is 5.52 Å². The SMILES string of the molecule is COC(=O)c1c(C)cc2ccc(Oc3ccccc3)cn12. The number of carbonyl (C=O) groups excluding carboxylic acids is 1. The van der Waals surface area contributed by atoms with Gasteiger partial charge in [-0.1, -0.05) is 18.2 Å². The van der Waals surface area contributed by atoms with E-state index in [1.165, 1.54) is 7.11 Å². The van der Waals surface area contributed by atoms with Crippen molar-refractivity contribution in [2.45, 2.75) is 6.92 Å². The molecule has 0 unspecified atom stereocenters. The Hall–Kier alpha value is -2.75.